The average molecular weight is 566 g/mol. The molecule has 0 bridgehead atoms. The van der Waals surface area contributed by atoms with Gasteiger partial charge in [0, 0.05) is 18.2 Å². The predicted octanol–water partition coefficient (Wildman–Crippen LogP) is 6.40. The minimum atomic E-state index is -0.933. The highest BCUT2D eigenvalue weighted by Crippen LogP contribution is 2.31. The Balaban J connectivity index is 1.15. The van der Waals surface area contributed by atoms with Gasteiger partial charge in [-0.15, -0.1) is 0 Å². The highest BCUT2D eigenvalue weighted by atomic mass is 35.5. The van der Waals surface area contributed by atoms with E-state index in [4.69, 9.17) is 37.7 Å². The summed E-state index contributed by atoms with van der Waals surface area (Å²) in [6.45, 7) is 4.49. The first-order valence-corrected chi connectivity index (χ1v) is 13.9. The number of rotatable bonds is 9. The summed E-state index contributed by atoms with van der Waals surface area (Å²) in [5.74, 6) is 1.04. The first kappa shape index (κ1) is 26.1. The Labute approximate surface area is 236 Å². The van der Waals surface area contributed by atoms with Gasteiger partial charge < -0.3 is 19.1 Å². The number of halogens is 2. The minimum Gasteiger partial charge on any atom is -0.487 e. The number of hydrogen-bond acceptors (Lipinski definition) is 5. The molecular formula is C30H29Cl2N3O4. The summed E-state index contributed by atoms with van der Waals surface area (Å²) in [6.07, 6.45) is 2.21. The normalized spacial score (nSPS) is 19.3. The van der Waals surface area contributed by atoms with E-state index in [9.17, 15) is 9.90 Å². The summed E-state index contributed by atoms with van der Waals surface area (Å²) in [7, 11) is 0. The van der Waals surface area contributed by atoms with E-state index in [-0.39, 0.29) is 11.7 Å². The number of benzene rings is 3. The molecule has 2 aliphatic rings. The zero-order chi connectivity index (χ0) is 26.9. The smallest absolute Gasteiger partial charge is 0.335 e. The molecule has 0 saturated carbocycles. The topological polar surface area (TPSA) is 76.8 Å². The number of carboxylic acids is 1. The predicted molar refractivity (Wildman–Crippen MR) is 151 cm³/mol. The fourth-order valence-corrected chi connectivity index (χ4v) is 5.86. The van der Waals surface area contributed by atoms with Gasteiger partial charge in [-0.25, -0.2) is 9.78 Å². The van der Waals surface area contributed by atoms with Gasteiger partial charge >= 0.3 is 5.97 Å². The number of likely N-dealkylation sites (tertiary alicyclic amines) is 1. The van der Waals surface area contributed by atoms with Gasteiger partial charge in [0.05, 0.1) is 40.8 Å². The lowest BCUT2D eigenvalue weighted by Gasteiger charge is -2.28. The van der Waals surface area contributed by atoms with Crippen molar-refractivity contribution in [1.29, 1.82) is 0 Å². The second-order valence-electron chi connectivity index (χ2n) is 10.3. The van der Waals surface area contributed by atoms with Crippen LogP contribution in [0.25, 0.3) is 11.0 Å². The number of imidazole rings is 1. The van der Waals surface area contributed by atoms with Gasteiger partial charge in [0.15, 0.2) is 0 Å². The molecule has 2 fully saturated rings. The molecule has 1 N–H and O–H groups in total. The average Bonchev–Trinajstić information content (AvgIpc) is 3.50. The minimum absolute atomic E-state index is 0.147. The Hall–Kier alpha value is -3.10. The number of ether oxygens (including phenoxy) is 2. The zero-order valence-corrected chi connectivity index (χ0v) is 22.9. The van der Waals surface area contributed by atoms with Crippen LogP contribution in [0, 0.1) is 0 Å². The van der Waals surface area contributed by atoms with E-state index < -0.39 is 5.97 Å². The van der Waals surface area contributed by atoms with Gasteiger partial charge in [-0.05, 0) is 72.8 Å². The van der Waals surface area contributed by atoms with Gasteiger partial charge in [-0.2, -0.15) is 0 Å². The Morgan fingerprint density at radius 1 is 1.10 bits per heavy atom. The first-order valence-electron chi connectivity index (χ1n) is 13.2. The van der Waals surface area contributed by atoms with Crippen LogP contribution in [0.1, 0.15) is 46.1 Å². The quantitative estimate of drug-likeness (QED) is 0.253. The highest BCUT2D eigenvalue weighted by Gasteiger charge is 2.27. The van der Waals surface area contributed by atoms with Crippen molar-refractivity contribution in [3.8, 4) is 5.75 Å². The van der Waals surface area contributed by atoms with Crippen molar-refractivity contribution in [2.45, 2.75) is 44.6 Å². The Kier molecular flexibility index (Phi) is 7.49. The van der Waals surface area contributed by atoms with Gasteiger partial charge in [0.1, 0.15) is 18.2 Å². The van der Waals surface area contributed by atoms with E-state index in [1.165, 1.54) is 5.56 Å². The van der Waals surface area contributed by atoms with Crippen LogP contribution in [-0.2, 0) is 24.4 Å². The summed E-state index contributed by atoms with van der Waals surface area (Å²) in [5, 5.41) is 10.6. The van der Waals surface area contributed by atoms with Crippen molar-refractivity contribution in [2.24, 2.45) is 0 Å². The van der Waals surface area contributed by atoms with E-state index >= 15 is 0 Å². The molecule has 0 amide bonds. The monoisotopic (exact) mass is 565 g/mol. The zero-order valence-electron chi connectivity index (χ0n) is 21.4. The third-order valence-corrected chi connectivity index (χ3v) is 8.13. The molecule has 3 heterocycles. The Morgan fingerprint density at radius 2 is 1.97 bits per heavy atom. The molecule has 3 aromatic carbocycles. The highest BCUT2D eigenvalue weighted by molar-refractivity contribution is 6.35. The fourth-order valence-electron chi connectivity index (χ4n) is 5.40. The van der Waals surface area contributed by atoms with Gasteiger partial charge in [0.2, 0.25) is 0 Å². The molecule has 2 aliphatic heterocycles. The maximum Gasteiger partial charge on any atom is 0.335 e. The SMILES string of the molecule is O=C(O)c1ccc2nc(CN3CCC(c4cccc(COc5ccc(Cl)cc5Cl)c4)C3)n(C[C@@H]3CCO3)c2c1. The molecule has 0 aliphatic carbocycles. The third kappa shape index (κ3) is 5.77. The summed E-state index contributed by atoms with van der Waals surface area (Å²) in [4.78, 5) is 18.9. The lowest BCUT2D eigenvalue weighted by atomic mass is 9.97. The summed E-state index contributed by atoms with van der Waals surface area (Å²) >= 11 is 12.2. The Morgan fingerprint density at radius 3 is 2.74 bits per heavy atom. The molecule has 2 atom stereocenters. The van der Waals surface area contributed by atoms with E-state index in [1.807, 2.05) is 0 Å². The van der Waals surface area contributed by atoms with Crippen molar-refractivity contribution in [3.63, 3.8) is 0 Å². The second-order valence-corrected chi connectivity index (χ2v) is 11.1. The van der Waals surface area contributed by atoms with Crippen LogP contribution in [0.15, 0.2) is 60.7 Å². The van der Waals surface area contributed by atoms with E-state index in [0.717, 1.165) is 55.0 Å². The summed E-state index contributed by atoms with van der Waals surface area (Å²) < 4.78 is 13.8. The first-order chi connectivity index (χ1) is 18.9. The lowest BCUT2D eigenvalue weighted by molar-refractivity contribution is -0.0591. The molecule has 9 heteroatoms. The maximum atomic E-state index is 11.6. The molecular weight excluding hydrogens is 537 g/mol. The number of aromatic carboxylic acids is 1. The van der Waals surface area contributed by atoms with Gasteiger partial charge in [0.25, 0.3) is 0 Å². The maximum absolute atomic E-state index is 11.6. The van der Waals surface area contributed by atoms with E-state index in [0.29, 0.717) is 41.4 Å². The molecule has 4 aromatic rings. The standard InChI is InChI=1S/C30H29Cl2N3O4/c31-23-5-7-28(25(32)14-23)39-18-19-2-1-3-20(12-19)22-8-10-34(15-22)17-29-33-26-6-4-21(30(36)37)13-27(26)35(29)16-24-9-11-38-24/h1-7,12-14,22,24H,8-11,15-18H2,(H,36,37)/t22?,24-/m0/s1. The van der Waals surface area contributed by atoms with Crippen LogP contribution in [-0.4, -0.2) is 51.3 Å². The van der Waals surface area contributed by atoms with Crippen LogP contribution in [0.5, 0.6) is 5.75 Å². The molecule has 2 saturated heterocycles. The molecule has 1 unspecified atom stereocenters. The molecule has 6 rings (SSSR count). The number of nitrogens with zero attached hydrogens (tertiary/aromatic N) is 3. The van der Waals surface area contributed by atoms with Crippen LogP contribution in [0.3, 0.4) is 0 Å². The van der Waals surface area contributed by atoms with Crippen LogP contribution in [0.4, 0.5) is 0 Å². The Bertz CT molecular complexity index is 1520. The van der Waals surface area contributed by atoms with Crippen molar-refractivity contribution < 1.29 is 19.4 Å². The summed E-state index contributed by atoms with van der Waals surface area (Å²) in [5.41, 5.74) is 4.33. The largest absolute Gasteiger partial charge is 0.487 e. The van der Waals surface area contributed by atoms with Crippen LogP contribution < -0.4 is 4.74 Å². The van der Waals surface area contributed by atoms with Gasteiger partial charge in [-0.1, -0.05) is 47.5 Å². The van der Waals surface area contributed by atoms with Crippen LogP contribution in [0.2, 0.25) is 10.0 Å². The second kappa shape index (κ2) is 11.2. The van der Waals surface area contributed by atoms with Crippen molar-refractivity contribution in [2.75, 3.05) is 19.7 Å². The number of carbonyl (C=O) groups is 1. The van der Waals surface area contributed by atoms with Gasteiger partial charge in [-0.3, -0.25) is 4.90 Å². The van der Waals surface area contributed by atoms with Crippen molar-refractivity contribution in [1.82, 2.24) is 14.5 Å². The molecule has 1 aromatic heterocycles. The molecule has 202 valence electrons. The molecule has 7 nitrogen and oxygen atoms in total. The number of carboxylic acid groups (broad SMARTS) is 1. The molecule has 39 heavy (non-hydrogen) atoms. The molecule has 0 spiro atoms. The number of hydrogen-bond donors (Lipinski definition) is 1. The summed E-state index contributed by atoms with van der Waals surface area (Å²) in [6, 6.07) is 18.9. The number of aromatic nitrogens is 2. The van der Waals surface area contributed by atoms with Crippen molar-refractivity contribution >= 4 is 40.2 Å². The van der Waals surface area contributed by atoms with E-state index in [2.05, 4.69) is 33.7 Å². The van der Waals surface area contributed by atoms with Crippen molar-refractivity contribution in [3.05, 3.63) is 93.2 Å². The third-order valence-electron chi connectivity index (χ3n) is 7.60. The van der Waals surface area contributed by atoms with Crippen LogP contribution >= 0.6 is 23.2 Å². The van der Waals surface area contributed by atoms with E-state index in [1.54, 1.807) is 36.4 Å². The number of fused-ring (bicyclic) bond motifs is 1. The lowest BCUT2D eigenvalue weighted by Crippen LogP contribution is -2.32. The molecule has 0 radical (unpaired) electrons. The fraction of sp³-hybridized carbons (Fsp3) is 0.333.